The van der Waals surface area contributed by atoms with Gasteiger partial charge in [0.05, 0.1) is 11.3 Å². The van der Waals surface area contributed by atoms with E-state index in [1.54, 1.807) is 33.2 Å². The van der Waals surface area contributed by atoms with E-state index in [1.165, 1.54) is 23.1 Å². The lowest BCUT2D eigenvalue weighted by molar-refractivity contribution is 0.0831. The van der Waals surface area contributed by atoms with Crippen LogP contribution in [0.1, 0.15) is 31.3 Å². The predicted molar refractivity (Wildman–Crippen MR) is 133 cm³/mol. The molecule has 11 heteroatoms. The quantitative estimate of drug-likeness (QED) is 0.476. The smallest absolute Gasteiger partial charge is 0.265 e. The van der Waals surface area contributed by atoms with Crippen molar-refractivity contribution < 1.29 is 18.7 Å². The Morgan fingerprint density at radius 2 is 1.76 bits per heavy atom. The first-order valence-electron chi connectivity index (χ1n) is 9.55. The Morgan fingerprint density at radius 3 is 2.36 bits per heavy atom. The molecule has 7 nitrogen and oxygen atoms in total. The summed E-state index contributed by atoms with van der Waals surface area (Å²) >= 11 is 1.04. The highest BCUT2D eigenvalue weighted by atomic mass is 35.5. The third-order valence-electron chi connectivity index (χ3n) is 4.39. The Kier molecular flexibility index (Phi) is 10.7. The molecule has 2 aromatic carbocycles. The van der Waals surface area contributed by atoms with Gasteiger partial charge in [-0.2, -0.15) is 0 Å². The molecule has 0 aliphatic heterocycles. The maximum absolute atomic E-state index is 14.3. The highest BCUT2D eigenvalue weighted by Crippen LogP contribution is 2.27. The number of anilines is 1. The van der Waals surface area contributed by atoms with Gasteiger partial charge in [-0.15, -0.1) is 24.8 Å². The molecule has 3 aromatic rings. The number of nitrogens with one attached hydrogen (secondary N) is 1. The Morgan fingerprint density at radius 1 is 1.12 bits per heavy atom. The minimum atomic E-state index is -0.694. The fraction of sp³-hybridized carbons (Fsp3) is 0.227. The van der Waals surface area contributed by atoms with Gasteiger partial charge in [0.15, 0.2) is 5.13 Å². The van der Waals surface area contributed by atoms with E-state index in [4.69, 9.17) is 10.5 Å². The van der Waals surface area contributed by atoms with Crippen molar-refractivity contribution >= 4 is 53.1 Å². The van der Waals surface area contributed by atoms with Crippen LogP contribution >= 0.6 is 36.2 Å². The maximum Gasteiger partial charge on any atom is 0.265 e. The number of hydrogen-bond donors (Lipinski definition) is 2. The van der Waals surface area contributed by atoms with Gasteiger partial charge in [-0.3, -0.25) is 14.9 Å². The second-order valence-electron chi connectivity index (χ2n) is 7.01. The van der Waals surface area contributed by atoms with E-state index < -0.39 is 11.7 Å². The number of amides is 2. The number of rotatable bonds is 7. The van der Waals surface area contributed by atoms with E-state index in [-0.39, 0.29) is 41.4 Å². The lowest BCUT2D eigenvalue weighted by Crippen LogP contribution is -2.21. The molecule has 0 saturated heterocycles. The Labute approximate surface area is 208 Å². The molecule has 0 atom stereocenters. The molecule has 2 amide bonds. The Balaban J connectivity index is 0.00000272. The summed E-state index contributed by atoms with van der Waals surface area (Å²) in [4.78, 5) is 30.8. The molecular formula is C22H25Cl2FN4O3S. The Bertz CT molecular complexity index is 1110. The zero-order chi connectivity index (χ0) is 22.5. The number of carbonyl (C=O) groups excluding carboxylic acids is 2. The molecule has 0 bridgehead atoms. The number of hydrogen-bond acceptors (Lipinski definition) is 6. The summed E-state index contributed by atoms with van der Waals surface area (Å²) in [6.45, 7) is 2.23. The second kappa shape index (κ2) is 12.5. The van der Waals surface area contributed by atoms with Crippen molar-refractivity contribution in [3.8, 4) is 11.5 Å². The fourth-order valence-corrected chi connectivity index (χ4v) is 3.77. The minimum Gasteiger partial charge on any atom is -0.457 e. The second-order valence-corrected chi connectivity index (χ2v) is 8.01. The first kappa shape index (κ1) is 28.3. The molecular weight excluding hydrogens is 490 g/mol. The molecule has 0 radical (unpaired) electrons. The van der Waals surface area contributed by atoms with Crippen LogP contribution in [0, 0.1) is 12.7 Å². The average molecular weight is 515 g/mol. The van der Waals surface area contributed by atoms with Gasteiger partial charge in [-0.05, 0) is 55.8 Å². The summed E-state index contributed by atoms with van der Waals surface area (Å²) < 4.78 is 20.1. The van der Waals surface area contributed by atoms with Crippen LogP contribution in [0.4, 0.5) is 9.52 Å². The van der Waals surface area contributed by atoms with Gasteiger partial charge in [-0.1, -0.05) is 23.5 Å². The number of nitrogens with two attached hydrogens (primary N) is 1. The summed E-state index contributed by atoms with van der Waals surface area (Å²) in [6, 6.07) is 11.3. The first-order valence-corrected chi connectivity index (χ1v) is 10.4. The molecule has 3 rings (SSSR count). The number of benzene rings is 2. The van der Waals surface area contributed by atoms with Crippen LogP contribution in [-0.2, 0) is 6.42 Å². The zero-order valence-electron chi connectivity index (χ0n) is 18.3. The van der Waals surface area contributed by atoms with E-state index in [2.05, 4.69) is 10.3 Å². The van der Waals surface area contributed by atoms with Crippen LogP contribution in [-0.4, -0.2) is 42.3 Å². The molecule has 3 N–H and O–H groups in total. The summed E-state index contributed by atoms with van der Waals surface area (Å²) in [6.07, 6.45) is 0.763. The van der Waals surface area contributed by atoms with Crippen LogP contribution in [0.2, 0.25) is 0 Å². The number of ether oxygens (including phenoxy) is 1. The highest BCUT2D eigenvalue weighted by Gasteiger charge is 2.20. The van der Waals surface area contributed by atoms with E-state index in [9.17, 15) is 14.0 Å². The van der Waals surface area contributed by atoms with Crippen LogP contribution in [0.5, 0.6) is 11.5 Å². The average Bonchev–Trinajstić information content (AvgIpc) is 3.10. The number of carbonyl (C=O) groups is 2. The van der Waals surface area contributed by atoms with Crippen molar-refractivity contribution in [1.82, 2.24) is 9.88 Å². The van der Waals surface area contributed by atoms with Crippen LogP contribution in [0.15, 0.2) is 42.5 Å². The fourth-order valence-electron chi connectivity index (χ4n) is 2.78. The van der Waals surface area contributed by atoms with Gasteiger partial charge < -0.3 is 15.4 Å². The van der Waals surface area contributed by atoms with Gasteiger partial charge in [0.2, 0.25) is 0 Å². The van der Waals surface area contributed by atoms with Gasteiger partial charge in [-0.25, -0.2) is 9.37 Å². The van der Waals surface area contributed by atoms with Crippen LogP contribution in [0.3, 0.4) is 0 Å². The van der Waals surface area contributed by atoms with Crippen LogP contribution in [0.25, 0.3) is 0 Å². The minimum absolute atomic E-state index is 0. The van der Waals surface area contributed by atoms with E-state index in [1.807, 2.05) is 12.1 Å². The lowest BCUT2D eigenvalue weighted by atomic mass is 10.1. The third kappa shape index (κ3) is 7.13. The van der Waals surface area contributed by atoms with Crippen molar-refractivity contribution in [2.45, 2.75) is 13.3 Å². The summed E-state index contributed by atoms with van der Waals surface area (Å²) in [5, 5.41) is 2.77. The normalized spacial score (nSPS) is 9.97. The van der Waals surface area contributed by atoms with Gasteiger partial charge in [0.1, 0.15) is 22.2 Å². The lowest BCUT2D eigenvalue weighted by Gasteiger charge is -2.09. The van der Waals surface area contributed by atoms with Crippen molar-refractivity contribution in [3.63, 3.8) is 0 Å². The maximum atomic E-state index is 14.3. The molecule has 0 fully saturated rings. The summed E-state index contributed by atoms with van der Waals surface area (Å²) in [7, 11) is 3.26. The van der Waals surface area contributed by atoms with Crippen LogP contribution < -0.4 is 15.8 Å². The zero-order valence-corrected chi connectivity index (χ0v) is 20.7. The largest absolute Gasteiger partial charge is 0.457 e. The van der Waals surface area contributed by atoms with Crippen molar-refractivity contribution in [2.75, 3.05) is 26.0 Å². The third-order valence-corrected chi connectivity index (χ3v) is 5.45. The topological polar surface area (TPSA) is 97.5 Å². The number of thiazole rings is 1. The monoisotopic (exact) mass is 514 g/mol. The van der Waals surface area contributed by atoms with E-state index in [0.717, 1.165) is 23.3 Å². The standard InChI is InChI=1S/C22H23FN4O3S.2ClH/c1-13-19(21(29)27(2)3)31-22(25-13)26-20(28)17-12-16(8-9-18(17)23)30-15-6-4-14(5-7-15)10-11-24;;/h4-9,12H,10-11,24H2,1-3H3,(H,25,26,28);2*1H. The molecule has 1 heterocycles. The van der Waals surface area contributed by atoms with Crippen molar-refractivity contribution in [1.29, 1.82) is 0 Å². The van der Waals surface area contributed by atoms with Crippen molar-refractivity contribution in [3.05, 3.63) is 70.0 Å². The molecule has 0 aliphatic carbocycles. The predicted octanol–water partition coefficient (Wildman–Crippen LogP) is 4.68. The summed E-state index contributed by atoms with van der Waals surface area (Å²) in [5.74, 6) is -0.715. The van der Waals surface area contributed by atoms with Gasteiger partial charge >= 0.3 is 0 Å². The number of aryl methyl sites for hydroxylation is 1. The van der Waals surface area contributed by atoms with Gasteiger partial charge in [0, 0.05) is 14.1 Å². The molecule has 0 unspecified atom stereocenters. The SMILES string of the molecule is Cc1nc(NC(=O)c2cc(Oc3ccc(CCN)cc3)ccc2F)sc1C(=O)N(C)C.Cl.Cl. The van der Waals surface area contributed by atoms with Crippen molar-refractivity contribution in [2.24, 2.45) is 5.73 Å². The molecule has 0 aliphatic rings. The van der Waals surface area contributed by atoms with Gasteiger partial charge in [0.25, 0.3) is 11.8 Å². The highest BCUT2D eigenvalue weighted by molar-refractivity contribution is 7.17. The molecule has 0 spiro atoms. The molecule has 0 saturated carbocycles. The summed E-state index contributed by atoms with van der Waals surface area (Å²) in [5.41, 5.74) is 6.94. The molecule has 178 valence electrons. The van der Waals surface area contributed by atoms with E-state index >= 15 is 0 Å². The number of halogens is 3. The molecule has 1 aromatic heterocycles. The molecule has 33 heavy (non-hydrogen) atoms. The number of aromatic nitrogens is 1. The van der Waals surface area contributed by atoms with E-state index in [0.29, 0.717) is 28.6 Å². The Hall–Kier alpha value is -2.72. The number of nitrogens with zero attached hydrogens (tertiary/aromatic N) is 2. The first-order chi connectivity index (χ1) is 14.8.